The van der Waals surface area contributed by atoms with Crippen molar-refractivity contribution in [3.05, 3.63) is 33.1 Å². The van der Waals surface area contributed by atoms with Crippen molar-refractivity contribution in [1.82, 2.24) is 9.55 Å². The third-order valence-electron chi connectivity index (χ3n) is 3.80. The second kappa shape index (κ2) is 5.89. The normalized spacial score (nSPS) is 35.3. The Labute approximate surface area is 136 Å². The van der Waals surface area contributed by atoms with E-state index in [1.54, 1.807) is 0 Å². The quantitative estimate of drug-likeness (QED) is 0.651. The average Bonchev–Trinajstić information content (AvgIpc) is 2.89. The standard InChI is InChI=1S/C12H17N2O7PS/c1-18-5-12-6-19-8(9(12)21-22(2,17)23)10(20-12)14-4-3-7(15)13-11(14)16/h3-4,8-10H,5-6H2,1-2H3,(H,17,23)(H,13,15,16)/t8-,9?,10+,12-,22?/m0/s1. The molecule has 2 bridgehead atoms. The molecule has 0 amide bonds. The molecule has 5 atom stereocenters. The summed E-state index contributed by atoms with van der Waals surface area (Å²) in [5, 5.41) is 0. The van der Waals surface area contributed by atoms with Gasteiger partial charge in [-0.3, -0.25) is 14.3 Å². The van der Waals surface area contributed by atoms with Crippen LogP contribution in [0.1, 0.15) is 6.23 Å². The number of methoxy groups -OCH3 is 1. The van der Waals surface area contributed by atoms with Gasteiger partial charge < -0.3 is 23.6 Å². The van der Waals surface area contributed by atoms with Gasteiger partial charge in [0.1, 0.15) is 17.8 Å². The number of rotatable bonds is 5. The van der Waals surface area contributed by atoms with E-state index in [1.165, 1.54) is 30.6 Å². The van der Waals surface area contributed by atoms with E-state index in [0.29, 0.717) is 0 Å². The van der Waals surface area contributed by atoms with Crippen LogP contribution >= 0.6 is 6.49 Å². The van der Waals surface area contributed by atoms with Crippen LogP contribution in [0, 0.1) is 0 Å². The van der Waals surface area contributed by atoms with E-state index in [9.17, 15) is 14.5 Å². The maximum absolute atomic E-state index is 12.0. The van der Waals surface area contributed by atoms with Crippen LogP contribution in [0.25, 0.3) is 0 Å². The summed E-state index contributed by atoms with van der Waals surface area (Å²) in [5.41, 5.74) is -2.10. The number of nitrogens with one attached hydrogen (secondary N) is 1. The largest absolute Gasteiger partial charge is 0.381 e. The van der Waals surface area contributed by atoms with Crippen LogP contribution in [0.2, 0.25) is 0 Å². The van der Waals surface area contributed by atoms with E-state index in [0.717, 1.165) is 0 Å². The van der Waals surface area contributed by atoms with Crippen LogP contribution in [0.3, 0.4) is 0 Å². The number of nitrogens with zero attached hydrogens (tertiary/aromatic N) is 1. The molecule has 2 N–H and O–H groups in total. The van der Waals surface area contributed by atoms with Gasteiger partial charge in [0.25, 0.3) is 5.56 Å². The summed E-state index contributed by atoms with van der Waals surface area (Å²) in [6.07, 6.45) is -0.806. The molecule has 3 rings (SSSR count). The van der Waals surface area contributed by atoms with Crippen LogP contribution in [-0.4, -0.2) is 59.2 Å². The lowest BCUT2D eigenvalue weighted by Gasteiger charge is -2.31. The van der Waals surface area contributed by atoms with Crippen molar-refractivity contribution in [2.24, 2.45) is 0 Å². The summed E-state index contributed by atoms with van der Waals surface area (Å²) in [6, 6.07) is 1.21. The Morgan fingerprint density at radius 3 is 2.96 bits per heavy atom. The van der Waals surface area contributed by atoms with Gasteiger partial charge in [-0.05, 0) is 11.8 Å². The number of fused-ring (bicyclic) bond motifs is 2. The molecule has 0 radical (unpaired) electrons. The lowest BCUT2D eigenvalue weighted by atomic mass is 10.0. The van der Waals surface area contributed by atoms with Crippen LogP contribution in [0.4, 0.5) is 0 Å². The van der Waals surface area contributed by atoms with Crippen LogP contribution in [0.15, 0.2) is 21.9 Å². The zero-order chi connectivity index (χ0) is 16.8. The second-order valence-corrected chi connectivity index (χ2v) is 9.48. The van der Waals surface area contributed by atoms with Crippen LogP contribution in [0.5, 0.6) is 0 Å². The highest BCUT2D eigenvalue weighted by Crippen LogP contribution is 2.52. The summed E-state index contributed by atoms with van der Waals surface area (Å²) in [6.45, 7) is -1.20. The van der Waals surface area contributed by atoms with Gasteiger partial charge in [-0.25, -0.2) is 4.79 Å². The maximum Gasteiger partial charge on any atom is 0.330 e. The molecule has 23 heavy (non-hydrogen) atoms. The van der Waals surface area contributed by atoms with E-state index < -0.39 is 41.8 Å². The molecule has 0 saturated carbocycles. The van der Waals surface area contributed by atoms with Gasteiger partial charge >= 0.3 is 5.69 Å². The summed E-state index contributed by atoms with van der Waals surface area (Å²) in [4.78, 5) is 35.3. The molecule has 9 nitrogen and oxygen atoms in total. The molecule has 2 fully saturated rings. The number of hydrogen-bond donors (Lipinski definition) is 2. The molecule has 3 heterocycles. The lowest BCUT2D eigenvalue weighted by Crippen LogP contribution is -2.46. The van der Waals surface area contributed by atoms with E-state index in [4.69, 9.17) is 30.5 Å². The number of H-pyrrole nitrogens is 1. The molecular weight excluding hydrogens is 347 g/mol. The number of ether oxygens (including phenoxy) is 3. The minimum Gasteiger partial charge on any atom is -0.381 e. The SMILES string of the molecule is COC[C@]12CO[C@@H](C1OP(C)(O)=S)[C@H](n1ccc(=O)[nH]c1=O)O2. The Hall–Kier alpha value is -0.870. The molecule has 2 saturated heterocycles. The fourth-order valence-electron chi connectivity index (χ4n) is 2.96. The van der Waals surface area contributed by atoms with Crippen LogP contribution < -0.4 is 11.2 Å². The first-order valence-electron chi connectivity index (χ1n) is 6.84. The highest BCUT2D eigenvalue weighted by atomic mass is 32.5. The predicted octanol–water partition coefficient (Wildman–Crippen LogP) is -0.834. The minimum atomic E-state index is -2.98. The smallest absolute Gasteiger partial charge is 0.330 e. The Balaban J connectivity index is 1.98. The first kappa shape index (κ1) is 17.0. The fourth-order valence-corrected chi connectivity index (χ4v) is 3.97. The van der Waals surface area contributed by atoms with Gasteiger partial charge in [0.2, 0.25) is 0 Å². The molecule has 2 aliphatic heterocycles. The highest BCUT2D eigenvalue weighted by molar-refractivity contribution is 8.09. The summed E-state index contributed by atoms with van der Waals surface area (Å²) in [7, 11) is 1.50. The zero-order valence-electron chi connectivity index (χ0n) is 12.5. The Kier molecular flexibility index (Phi) is 4.35. The average molecular weight is 364 g/mol. The fraction of sp³-hybridized carbons (Fsp3) is 0.667. The summed E-state index contributed by atoms with van der Waals surface area (Å²) >= 11 is 4.96. The Morgan fingerprint density at radius 1 is 1.61 bits per heavy atom. The molecule has 0 aromatic carbocycles. The third-order valence-corrected chi connectivity index (χ3v) is 4.67. The molecule has 1 aromatic heterocycles. The maximum atomic E-state index is 12.0. The Bertz CT molecular complexity index is 758. The lowest BCUT2D eigenvalue weighted by molar-refractivity contribution is -0.190. The van der Waals surface area contributed by atoms with Crippen LogP contribution in [-0.2, 0) is 30.5 Å². The monoisotopic (exact) mass is 364 g/mol. The zero-order valence-corrected chi connectivity index (χ0v) is 14.2. The predicted molar refractivity (Wildman–Crippen MR) is 83.1 cm³/mol. The van der Waals surface area contributed by atoms with Crippen molar-refractivity contribution >= 4 is 18.3 Å². The van der Waals surface area contributed by atoms with Crippen molar-refractivity contribution in [3.63, 3.8) is 0 Å². The second-order valence-electron chi connectivity index (χ2n) is 5.63. The van der Waals surface area contributed by atoms with E-state index in [2.05, 4.69) is 4.98 Å². The minimum absolute atomic E-state index is 0.151. The molecule has 128 valence electrons. The molecule has 2 aliphatic rings. The summed E-state index contributed by atoms with van der Waals surface area (Å²) < 4.78 is 23.7. The molecular formula is C12H17N2O7PS. The van der Waals surface area contributed by atoms with Crippen molar-refractivity contribution in [2.75, 3.05) is 27.0 Å². The molecule has 11 heteroatoms. The van der Waals surface area contributed by atoms with E-state index in [1.807, 2.05) is 0 Å². The highest BCUT2D eigenvalue weighted by Gasteiger charge is 2.64. The van der Waals surface area contributed by atoms with Crippen molar-refractivity contribution in [3.8, 4) is 0 Å². The number of aromatic nitrogens is 2. The topological polar surface area (TPSA) is 112 Å². The third kappa shape index (κ3) is 3.08. The Morgan fingerprint density at radius 2 is 2.35 bits per heavy atom. The first-order valence-corrected chi connectivity index (χ1v) is 9.96. The van der Waals surface area contributed by atoms with E-state index >= 15 is 0 Å². The number of aromatic amines is 1. The van der Waals surface area contributed by atoms with Gasteiger partial charge in [0.05, 0.1) is 13.2 Å². The molecule has 1 aromatic rings. The summed E-state index contributed by atoms with van der Waals surface area (Å²) in [5.74, 6) is 0. The van der Waals surface area contributed by atoms with Gasteiger partial charge in [-0.1, -0.05) is 0 Å². The first-order chi connectivity index (χ1) is 10.8. The van der Waals surface area contributed by atoms with Gasteiger partial charge in [-0.2, -0.15) is 0 Å². The van der Waals surface area contributed by atoms with Gasteiger partial charge in [0.15, 0.2) is 12.7 Å². The van der Waals surface area contributed by atoms with E-state index in [-0.39, 0.29) is 13.2 Å². The van der Waals surface area contributed by atoms with Crippen molar-refractivity contribution in [2.45, 2.75) is 24.0 Å². The number of hydrogen-bond acceptors (Lipinski definition) is 7. The molecule has 2 unspecified atom stereocenters. The van der Waals surface area contributed by atoms with Gasteiger partial charge in [0, 0.05) is 26.0 Å². The molecule has 0 aliphatic carbocycles. The van der Waals surface area contributed by atoms with Crippen molar-refractivity contribution < 1.29 is 23.6 Å². The molecule has 0 spiro atoms. The van der Waals surface area contributed by atoms with Gasteiger partial charge in [-0.15, -0.1) is 0 Å². The van der Waals surface area contributed by atoms with Crippen molar-refractivity contribution in [1.29, 1.82) is 0 Å².